The summed E-state index contributed by atoms with van der Waals surface area (Å²) in [6.45, 7) is 5.05. The predicted octanol–water partition coefficient (Wildman–Crippen LogP) is -0.621. The van der Waals surface area contributed by atoms with Crippen LogP contribution in [0.3, 0.4) is 0 Å². The van der Waals surface area contributed by atoms with Crippen molar-refractivity contribution in [1.29, 1.82) is 0 Å². The summed E-state index contributed by atoms with van der Waals surface area (Å²) in [5, 5.41) is 3.01. The molecule has 18 heavy (non-hydrogen) atoms. The van der Waals surface area contributed by atoms with Crippen LogP contribution in [0.15, 0.2) is 0 Å². The van der Waals surface area contributed by atoms with Gasteiger partial charge in [-0.2, -0.15) is 5.06 Å². The Morgan fingerprint density at radius 1 is 1.44 bits per heavy atom. The summed E-state index contributed by atoms with van der Waals surface area (Å²) in [7, 11) is 0. The van der Waals surface area contributed by atoms with E-state index in [0.29, 0.717) is 5.06 Å². The molecule has 1 aliphatic heterocycles. The molecule has 100 valence electrons. The number of rotatable bonds is 3. The molecule has 1 aliphatic rings. The highest BCUT2D eigenvalue weighted by atomic mass is 16.7. The number of hydrogen-bond acceptors (Lipinski definition) is 6. The Labute approximate surface area is 103 Å². The maximum atomic E-state index is 11.4. The highest BCUT2D eigenvalue weighted by molar-refractivity contribution is 6.20. The minimum Gasteiger partial charge on any atom is -0.444 e. The Balaban J connectivity index is 2.36. The van der Waals surface area contributed by atoms with Crippen LogP contribution in [0.1, 0.15) is 20.8 Å². The van der Waals surface area contributed by atoms with Gasteiger partial charge in [0, 0.05) is 0 Å². The third kappa shape index (κ3) is 3.72. The van der Waals surface area contributed by atoms with Crippen molar-refractivity contribution in [2.75, 3.05) is 6.54 Å². The SMILES string of the molecule is CC(C)(C)OC(=O)N[C@H]1CN(OC(=O)C=O)C1=O. The van der Waals surface area contributed by atoms with Gasteiger partial charge in [-0.15, -0.1) is 0 Å². The fourth-order valence-electron chi connectivity index (χ4n) is 1.16. The molecule has 0 bridgehead atoms. The largest absolute Gasteiger partial charge is 0.444 e. The van der Waals surface area contributed by atoms with Crippen LogP contribution in [-0.2, 0) is 24.0 Å². The minimum absolute atomic E-state index is 0.0162. The molecule has 1 saturated heterocycles. The molecule has 0 unspecified atom stereocenters. The van der Waals surface area contributed by atoms with Gasteiger partial charge in [0.05, 0.1) is 6.54 Å². The van der Waals surface area contributed by atoms with Gasteiger partial charge >= 0.3 is 12.1 Å². The molecule has 1 heterocycles. The highest BCUT2D eigenvalue weighted by Crippen LogP contribution is 2.12. The zero-order valence-electron chi connectivity index (χ0n) is 10.3. The van der Waals surface area contributed by atoms with Crippen LogP contribution in [0, 0.1) is 0 Å². The van der Waals surface area contributed by atoms with Crippen LogP contribution >= 0.6 is 0 Å². The molecule has 0 saturated carbocycles. The maximum absolute atomic E-state index is 11.4. The average molecular weight is 258 g/mol. The van der Waals surface area contributed by atoms with Crippen molar-refractivity contribution >= 4 is 24.3 Å². The number of nitrogens with one attached hydrogen (secondary N) is 1. The van der Waals surface area contributed by atoms with Crippen molar-refractivity contribution < 1.29 is 28.8 Å². The Bertz CT molecular complexity index is 386. The number of hydrogen-bond donors (Lipinski definition) is 1. The molecule has 1 rings (SSSR count). The van der Waals surface area contributed by atoms with Crippen molar-refractivity contribution in [3.05, 3.63) is 0 Å². The highest BCUT2D eigenvalue weighted by Gasteiger charge is 2.41. The Hall–Kier alpha value is -2.12. The van der Waals surface area contributed by atoms with E-state index in [1.165, 1.54) is 0 Å². The third-order valence-corrected chi connectivity index (χ3v) is 1.88. The molecule has 1 fully saturated rings. The fraction of sp³-hybridized carbons (Fsp3) is 0.600. The summed E-state index contributed by atoms with van der Waals surface area (Å²) in [4.78, 5) is 47.6. The quantitative estimate of drug-likeness (QED) is 0.411. The first kappa shape index (κ1) is 13.9. The normalized spacial score (nSPS) is 18.7. The van der Waals surface area contributed by atoms with Crippen LogP contribution in [0.25, 0.3) is 0 Å². The number of β-lactam (4-membered cyclic amide) rings is 1. The van der Waals surface area contributed by atoms with E-state index in [1.807, 2.05) is 0 Å². The summed E-state index contributed by atoms with van der Waals surface area (Å²) in [5.74, 6) is -1.78. The van der Waals surface area contributed by atoms with Gasteiger partial charge < -0.3 is 14.9 Å². The van der Waals surface area contributed by atoms with E-state index in [9.17, 15) is 19.2 Å². The number of amides is 2. The molecule has 0 aromatic carbocycles. The van der Waals surface area contributed by atoms with E-state index in [4.69, 9.17) is 4.74 Å². The van der Waals surface area contributed by atoms with E-state index in [1.54, 1.807) is 20.8 Å². The molecule has 0 aliphatic carbocycles. The summed E-state index contributed by atoms with van der Waals surface area (Å²) in [6, 6.07) is -0.806. The molecule has 2 amide bonds. The zero-order chi connectivity index (χ0) is 13.9. The van der Waals surface area contributed by atoms with E-state index in [-0.39, 0.29) is 12.8 Å². The Morgan fingerprint density at radius 2 is 2.06 bits per heavy atom. The molecular weight excluding hydrogens is 244 g/mol. The van der Waals surface area contributed by atoms with Gasteiger partial charge in [-0.25, -0.2) is 9.59 Å². The van der Waals surface area contributed by atoms with Crippen molar-refractivity contribution in [3.63, 3.8) is 0 Å². The maximum Gasteiger partial charge on any atom is 0.408 e. The van der Waals surface area contributed by atoms with Crippen LogP contribution in [-0.4, -0.2) is 47.5 Å². The molecule has 0 aromatic heterocycles. The lowest BCUT2D eigenvalue weighted by Gasteiger charge is -2.35. The predicted molar refractivity (Wildman–Crippen MR) is 57.0 cm³/mol. The van der Waals surface area contributed by atoms with Gasteiger partial charge in [0.1, 0.15) is 11.6 Å². The van der Waals surface area contributed by atoms with Crippen LogP contribution in [0.2, 0.25) is 0 Å². The summed E-state index contributed by atoms with van der Waals surface area (Å²) in [5.41, 5.74) is -0.666. The van der Waals surface area contributed by atoms with Crippen LogP contribution in [0.4, 0.5) is 4.79 Å². The molecule has 0 radical (unpaired) electrons. The number of hydroxylamine groups is 2. The smallest absolute Gasteiger partial charge is 0.408 e. The topological polar surface area (TPSA) is 102 Å². The molecule has 1 atom stereocenters. The monoisotopic (exact) mass is 258 g/mol. The lowest BCUT2D eigenvalue weighted by Crippen LogP contribution is -2.64. The van der Waals surface area contributed by atoms with Gasteiger partial charge in [-0.3, -0.25) is 9.59 Å². The summed E-state index contributed by atoms with van der Waals surface area (Å²) >= 11 is 0. The van der Waals surface area contributed by atoms with Gasteiger partial charge in [0.25, 0.3) is 5.91 Å². The first-order chi connectivity index (χ1) is 8.23. The van der Waals surface area contributed by atoms with Crippen molar-refractivity contribution in [1.82, 2.24) is 10.4 Å². The average Bonchev–Trinajstić information content (AvgIpc) is 2.24. The van der Waals surface area contributed by atoms with E-state index in [0.717, 1.165) is 0 Å². The zero-order valence-corrected chi connectivity index (χ0v) is 10.3. The second-order valence-corrected chi connectivity index (χ2v) is 4.63. The minimum atomic E-state index is -1.17. The molecule has 8 heteroatoms. The molecular formula is C10H14N2O6. The van der Waals surface area contributed by atoms with Crippen LogP contribution < -0.4 is 5.32 Å². The van der Waals surface area contributed by atoms with Gasteiger partial charge in [0.15, 0.2) is 0 Å². The van der Waals surface area contributed by atoms with Crippen molar-refractivity contribution in [3.8, 4) is 0 Å². The van der Waals surface area contributed by atoms with Gasteiger partial charge in [-0.05, 0) is 20.8 Å². The first-order valence-corrected chi connectivity index (χ1v) is 5.21. The van der Waals surface area contributed by atoms with Crippen LogP contribution in [0.5, 0.6) is 0 Å². The first-order valence-electron chi connectivity index (χ1n) is 5.21. The van der Waals surface area contributed by atoms with Gasteiger partial charge in [-0.1, -0.05) is 0 Å². The number of alkyl carbamates (subject to hydrolysis) is 1. The second-order valence-electron chi connectivity index (χ2n) is 4.63. The molecule has 1 N–H and O–H groups in total. The number of nitrogens with zero attached hydrogens (tertiary/aromatic N) is 1. The number of aldehydes is 1. The summed E-state index contributed by atoms with van der Waals surface area (Å²) < 4.78 is 4.95. The van der Waals surface area contributed by atoms with Crippen molar-refractivity contribution in [2.45, 2.75) is 32.4 Å². The fourth-order valence-corrected chi connectivity index (χ4v) is 1.16. The molecule has 0 aromatic rings. The van der Waals surface area contributed by atoms with E-state index >= 15 is 0 Å². The Kier molecular flexibility index (Phi) is 3.89. The molecule has 8 nitrogen and oxygen atoms in total. The number of carbonyl (C=O) groups excluding carboxylic acids is 4. The lowest BCUT2D eigenvalue weighted by atomic mass is 10.1. The van der Waals surface area contributed by atoms with E-state index < -0.39 is 29.6 Å². The third-order valence-electron chi connectivity index (χ3n) is 1.88. The number of ether oxygens (including phenoxy) is 1. The van der Waals surface area contributed by atoms with Crippen molar-refractivity contribution in [2.24, 2.45) is 0 Å². The standard InChI is InChI=1S/C10H14N2O6/c1-10(2,3)17-9(16)11-6-4-12(8(6)15)18-7(14)5-13/h5-6H,4H2,1-3H3,(H,11,16)/t6-/m0/s1. The summed E-state index contributed by atoms with van der Waals surface area (Å²) in [6.07, 6.45) is -0.788. The van der Waals surface area contributed by atoms with Gasteiger partial charge in [0.2, 0.25) is 6.29 Å². The number of carbonyl (C=O) groups is 4. The second kappa shape index (κ2) is 5.03. The lowest BCUT2D eigenvalue weighted by molar-refractivity contribution is -0.214. The van der Waals surface area contributed by atoms with E-state index in [2.05, 4.69) is 10.2 Å². The molecule has 0 spiro atoms. The Morgan fingerprint density at radius 3 is 2.50 bits per heavy atom.